The second-order valence-corrected chi connectivity index (χ2v) is 5.61. The third-order valence-electron chi connectivity index (χ3n) is 3.98. The van der Waals surface area contributed by atoms with E-state index in [2.05, 4.69) is 16.9 Å². The van der Waals surface area contributed by atoms with E-state index in [1.165, 1.54) is 12.8 Å². The zero-order valence-electron chi connectivity index (χ0n) is 11.4. The molecule has 0 N–H and O–H groups in total. The highest BCUT2D eigenvalue weighted by Gasteiger charge is 2.39. The lowest BCUT2D eigenvalue weighted by Gasteiger charge is -2.37. The molecule has 1 aromatic heterocycles. The van der Waals surface area contributed by atoms with Crippen LogP contribution in [0.1, 0.15) is 49.7 Å². The molecule has 4 heteroatoms. The van der Waals surface area contributed by atoms with E-state index in [0.29, 0.717) is 11.8 Å². The van der Waals surface area contributed by atoms with E-state index >= 15 is 0 Å². The van der Waals surface area contributed by atoms with Crippen molar-refractivity contribution in [3.63, 3.8) is 0 Å². The summed E-state index contributed by atoms with van der Waals surface area (Å²) < 4.78 is 5.81. The Bertz CT molecular complexity index is 424. The van der Waals surface area contributed by atoms with Crippen molar-refractivity contribution in [3.05, 3.63) is 23.3 Å². The number of alkyl halides is 1. The van der Waals surface area contributed by atoms with E-state index in [1.807, 2.05) is 13.1 Å². The third-order valence-corrected chi connectivity index (χ3v) is 4.27. The van der Waals surface area contributed by atoms with Gasteiger partial charge in [-0.25, -0.2) is 9.97 Å². The first kappa shape index (κ1) is 13.8. The zero-order chi connectivity index (χ0) is 13.2. The number of rotatable bonds is 3. The largest absolute Gasteiger partial charge is 0.370 e. The highest BCUT2D eigenvalue weighted by Crippen LogP contribution is 2.41. The summed E-state index contributed by atoms with van der Waals surface area (Å²) in [6, 6.07) is 0. The van der Waals surface area contributed by atoms with Gasteiger partial charge in [0.25, 0.3) is 0 Å². The average molecular weight is 269 g/mol. The summed E-state index contributed by atoms with van der Waals surface area (Å²) >= 11 is 5.85. The van der Waals surface area contributed by atoms with Crippen molar-refractivity contribution >= 4 is 11.6 Å². The van der Waals surface area contributed by atoms with Crippen molar-refractivity contribution in [1.82, 2.24) is 9.97 Å². The Morgan fingerprint density at radius 3 is 2.89 bits per heavy atom. The van der Waals surface area contributed by atoms with Crippen LogP contribution in [0.15, 0.2) is 6.20 Å². The summed E-state index contributed by atoms with van der Waals surface area (Å²) in [7, 11) is 1.77. The maximum absolute atomic E-state index is 5.85. The van der Waals surface area contributed by atoms with Crippen molar-refractivity contribution in [2.75, 3.05) is 7.11 Å². The molecule has 0 spiro atoms. The van der Waals surface area contributed by atoms with Crippen LogP contribution in [-0.4, -0.2) is 17.1 Å². The molecule has 100 valence electrons. The minimum absolute atomic E-state index is 0.298. The van der Waals surface area contributed by atoms with Crippen molar-refractivity contribution in [2.45, 2.75) is 51.0 Å². The maximum atomic E-state index is 5.85. The number of nitrogens with zero attached hydrogens (tertiary/aromatic N) is 2. The Hall–Kier alpha value is -0.670. The highest BCUT2D eigenvalue weighted by atomic mass is 35.5. The second-order valence-electron chi connectivity index (χ2n) is 5.34. The fourth-order valence-corrected chi connectivity index (χ4v) is 3.09. The Kier molecular flexibility index (Phi) is 4.23. The molecule has 1 aliphatic carbocycles. The summed E-state index contributed by atoms with van der Waals surface area (Å²) in [5.41, 5.74) is 1.66. The lowest BCUT2D eigenvalue weighted by molar-refractivity contribution is -0.0647. The van der Waals surface area contributed by atoms with Crippen LogP contribution < -0.4 is 0 Å². The van der Waals surface area contributed by atoms with Crippen LogP contribution in [0.5, 0.6) is 0 Å². The molecule has 0 bridgehead atoms. The van der Waals surface area contributed by atoms with Gasteiger partial charge < -0.3 is 4.74 Å². The predicted octanol–water partition coefficient (Wildman–Crippen LogP) is 3.58. The first-order valence-electron chi connectivity index (χ1n) is 6.55. The van der Waals surface area contributed by atoms with Gasteiger partial charge in [-0.15, -0.1) is 11.6 Å². The number of hydrogen-bond acceptors (Lipinski definition) is 3. The first-order chi connectivity index (χ1) is 8.61. The van der Waals surface area contributed by atoms with Crippen molar-refractivity contribution < 1.29 is 4.74 Å². The van der Waals surface area contributed by atoms with Gasteiger partial charge >= 0.3 is 0 Å². The van der Waals surface area contributed by atoms with Crippen molar-refractivity contribution in [2.24, 2.45) is 5.92 Å². The summed E-state index contributed by atoms with van der Waals surface area (Å²) in [5.74, 6) is 1.95. The molecular weight excluding hydrogens is 248 g/mol. The van der Waals surface area contributed by atoms with Gasteiger partial charge in [0.05, 0.1) is 5.88 Å². The molecular formula is C14H21ClN2O. The monoisotopic (exact) mass is 268 g/mol. The number of methoxy groups -OCH3 is 1. The number of aromatic nitrogens is 2. The number of ether oxygens (including phenoxy) is 1. The molecule has 1 saturated carbocycles. The fourth-order valence-electron chi connectivity index (χ4n) is 2.83. The van der Waals surface area contributed by atoms with Gasteiger partial charge in [0.2, 0.25) is 0 Å². The Morgan fingerprint density at radius 1 is 1.56 bits per heavy atom. The summed E-state index contributed by atoms with van der Waals surface area (Å²) in [4.78, 5) is 9.12. The van der Waals surface area contributed by atoms with E-state index in [0.717, 1.165) is 29.9 Å². The molecule has 0 radical (unpaired) electrons. The standard InChI is InChI=1S/C14H21ClN2O/c1-10-5-4-6-14(7-10,18-3)13-16-9-12(8-15)11(2)17-13/h9-10H,4-8H2,1-3H3. The van der Waals surface area contributed by atoms with Gasteiger partial charge in [0.1, 0.15) is 5.60 Å². The second kappa shape index (κ2) is 5.54. The average Bonchev–Trinajstić information content (AvgIpc) is 2.38. The topological polar surface area (TPSA) is 35.0 Å². The Balaban J connectivity index is 2.35. The van der Waals surface area contributed by atoms with Crippen LogP contribution >= 0.6 is 11.6 Å². The summed E-state index contributed by atoms with van der Waals surface area (Å²) in [5, 5.41) is 0. The number of halogens is 1. The van der Waals surface area contributed by atoms with E-state index in [1.54, 1.807) is 7.11 Å². The molecule has 2 unspecified atom stereocenters. The SMILES string of the molecule is COC1(c2ncc(CCl)c(C)n2)CCCC(C)C1. The van der Waals surface area contributed by atoms with Gasteiger partial charge in [0.15, 0.2) is 5.82 Å². The van der Waals surface area contributed by atoms with Crippen LogP contribution in [-0.2, 0) is 16.2 Å². The lowest BCUT2D eigenvalue weighted by atomic mass is 9.78. The molecule has 0 aliphatic heterocycles. The van der Waals surface area contributed by atoms with Gasteiger partial charge in [-0.2, -0.15) is 0 Å². The molecule has 2 rings (SSSR count). The summed E-state index contributed by atoms with van der Waals surface area (Å²) in [6.45, 7) is 4.26. The Morgan fingerprint density at radius 2 is 2.33 bits per heavy atom. The molecule has 1 fully saturated rings. The predicted molar refractivity (Wildman–Crippen MR) is 72.6 cm³/mol. The minimum atomic E-state index is -0.298. The third kappa shape index (κ3) is 2.52. The summed E-state index contributed by atoms with van der Waals surface area (Å²) in [6.07, 6.45) is 6.29. The van der Waals surface area contributed by atoms with Crippen molar-refractivity contribution in [1.29, 1.82) is 0 Å². The maximum Gasteiger partial charge on any atom is 0.160 e. The van der Waals surface area contributed by atoms with E-state index in [-0.39, 0.29) is 5.60 Å². The zero-order valence-corrected chi connectivity index (χ0v) is 12.1. The van der Waals surface area contributed by atoms with Gasteiger partial charge in [-0.3, -0.25) is 0 Å². The van der Waals surface area contributed by atoms with E-state index in [4.69, 9.17) is 16.3 Å². The molecule has 0 aromatic carbocycles. The molecule has 18 heavy (non-hydrogen) atoms. The van der Waals surface area contributed by atoms with Crippen LogP contribution in [0.3, 0.4) is 0 Å². The van der Waals surface area contributed by atoms with Crippen LogP contribution in [0.2, 0.25) is 0 Å². The molecule has 2 atom stereocenters. The molecule has 1 heterocycles. The normalized spacial score (nSPS) is 28.3. The van der Waals surface area contributed by atoms with E-state index < -0.39 is 0 Å². The quantitative estimate of drug-likeness (QED) is 0.786. The molecule has 0 saturated heterocycles. The highest BCUT2D eigenvalue weighted by molar-refractivity contribution is 6.17. The Labute approximate surface area is 114 Å². The van der Waals surface area contributed by atoms with Crippen molar-refractivity contribution in [3.8, 4) is 0 Å². The molecule has 3 nitrogen and oxygen atoms in total. The molecule has 0 amide bonds. The lowest BCUT2D eigenvalue weighted by Crippen LogP contribution is -2.36. The number of hydrogen-bond donors (Lipinski definition) is 0. The first-order valence-corrected chi connectivity index (χ1v) is 7.09. The van der Waals surface area contributed by atoms with Gasteiger partial charge in [-0.1, -0.05) is 13.3 Å². The smallest absolute Gasteiger partial charge is 0.160 e. The van der Waals surface area contributed by atoms with Gasteiger partial charge in [0, 0.05) is 24.6 Å². The fraction of sp³-hybridized carbons (Fsp3) is 0.714. The van der Waals surface area contributed by atoms with Gasteiger partial charge in [-0.05, 0) is 32.1 Å². The molecule has 1 aliphatic rings. The van der Waals surface area contributed by atoms with Crippen LogP contribution in [0.25, 0.3) is 0 Å². The minimum Gasteiger partial charge on any atom is -0.370 e. The molecule has 1 aromatic rings. The van der Waals surface area contributed by atoms with Crippen LogP contribution in [0.4, 0.5) is 0 Å². The van der Waals surface area contributed by atoms with Crippen LogP contribution in [0, 0.1) is 12.8 Å². The number of aryl methyl sites for hydroxylation is 1. The van der Waals surface area contributed by atoms with E-state index in [9.17, 15) is 0 Å².